The Morgan fingerprint density at radius 1 is 1.45 bits per heavy atom. The van der Waals surface area contributed by atoms with Crippen LogP contribution in [0.5, 0.6) is 5.75 Å². The lowest BCUT2D eigenvalue weighted by atomic mass is 10.3. The van der Waals surface area contributed by atoms with Crippen LogP contribution >= 0.6 is 0 Å². The maximum atomic E-state index is 11.3. The molecule has 2 rings (SSSR count). The van der Waals surface area contributed by atoms with Gasteiger partial charge in [-0.15, -0.1) is 0 Å². The molecule has 104 valence electrons. The van der Waals surface area contributed by atoms with E-state index in [1.54, 1.807) is 18.3 Å². The molecule has 0 radical (unpaired) electrons. The lowest BCUT2D eigenvalue weighted by Gasteiger charge is -2.06. The molecule has 0 saturated heterocycles. The first-order valence-corrected chi connectivity index (χ1v) is 5.73. The molecule has 0 aliphatic carbocycles. The summed E-state index contributed by atoms with van der Waals surface area (Å²) in [5.41, 5.74) is 0.129. The van der Waals surface area contributed by atoms with Crippen molar-refractivity contribution < 1.29 is 14.5 Å². The Bertz CT molecular complexity index is 638. The Kier molecular flexibility index (Phi) is 3.94. The van der Waals surface area contributed by atoms with Crippen molar-refractivity contribution in [2.75, 3.05) is 7.05 Å². The van der Waals surface area contributed by atoms with Gasteiger partial charge in [0.05, 0.1) is 4.92 Å². The summed E-state index contributed by atoms with van der Waals surface area (Å²) in [7, 11) is 1.51. The maximum Gasteiger partial charge on any atom is 0.311 e. The second kappa shape index (κ2) is 5.83. The quantitative estimate of drug-likeness (QED) is 0.653. The van der Waals surface area contributed by atoms with Gasteiger partial charge in [-0.1, -0.05) is 12.1 Å². The number of carbonyl (C=O) groups excluding carboxylic acids is 1. The summed E-state index contributed by atoms with van der Waals surface area (Å²) >= 11 is 0. The van der Waals surface area contributed by atoms with Crippen molar-refractivity contribution in [3.8, 4) is 5.75 Å². The number of hydrogen-bond donors (Lipinski definition) is 1. The largest absolute Gasteiger partial charge is 0.464 e. The minimum Gasteiger partial charge on any atom is -0.464 e. The van der Waals surface area contributed by atoms with Crippen LogP contribution < -0.4 is 10.1 Å². The van der Waals surface area contributed by atoms with Crippen LogP contribution in [-0.2, 0) is 6.73 Å². The molecule has 2 aromatic rings. The van der Waals surface area contributed by atoms with Crippen molar-refractivity contribution in [1.29, 1.82) is 0 Å². The first-order chi connectivity index (χ1) is 9.61. The van der Waals surface area contributed by atoms with E-state index in [0.29, 0.717) is 0 Å². The van der Waals surface area contributed by atoms with Crippen LogP contribution in [-0.4, -0.2) is 27.7 Å². The second-order valence-electron chi connectivity index (χ2n) is 3.82. The summed E-state index contributed by atoms with van der Waals surface area (Å²) in [5.74, 6) is -0.163. The van der Waals surface area contributed by atoms with E-state index < -0.39 is 4.92 Å². The van der Waals surface area contributed by atoms with Gasteiger partial charge in [0.25, 0.3) is 5.91 Å². The molecule has 1 aromatic heterocycles. The Hall–Kier alpha value is -2.90. The number of para-hydroxylation sites is 2. The van der Waals surface area contributed by atoms with E-state index >= 15 is 0 Å². The van der Waals surface area contributed by atoms with Gasteiger partial charge in [-0.2, -0.15) is 5.10 Å². The summed E-state index contributed by atoms with van der Waals surface area (Å²) in [6.45, 7) is -0.0259. The van der Waals surface area contributed by atoms with Crippen molar-refractivity contribution in [3.63, 3.8) is 0 Å². The molecule has 1 heterocycles. The molecule has 8 heteroatoms. The van der Waals surface area contributed by atoms with Gasteiger partial charge in [0, 0.05) is 19.3 Å². The van der Waals surface area contributed by atoms with Gasteiger partial charge in [0.1, 0.15) is 5.69 Å². The number of rotatable bonds is 5. The molecule has 0 spiro atoms. The summed E-state index contributed by atoms with van der Waals surface area (Å²) in [6, 6.07) is 7.58. The lowest BCUT2D eigenvalue weighted by Crippen LogP contribution is -2.19. The van der Waals surface area contributed by atoms with Gasteiger partial charge in [0.2, 0.25) is 0 Å². The first kappa shape index (κ1) is 13.5. The van der Waals surface area contributed by atoms with E-state index in [1.807, 2.05) is 0 Å². The Morgan fingerprint density at radius 2 is 2.20 bits per heavy atom. The molecule has 0 fully saturated rings. The SMILES string of the molecule is CNC(=O)c1ccn(COc2ccccc2[N+](=O)[O-])n1. The van der Waals surface area contributed by atoms with E-state index in [9.17, 15) is 14.9 Å². The molecule has 0 bridgehead atoms. The summed E-state index contributed by atoms with van der Waals surface area (Å²) < 4.78 is 6.71. The number of carbonyl (C=O) groups is 1. The molecular formula is C12H12N4O4. The van der Waals surface area contributed by atoms with Crippen LogP contribution in [0.2, 0.25) is 0 Å². The third kappa shape index (κ3) is 2.91. The number of aromatic nitrogens is 2. The van der Waals surface area contributed by atoms with E-state index in [4.69, 9.17) is 4.74 Å². The zero-order chi connectivity index (χ0) is 14.5. The van der Waals surface area contributed by atoms with Crippen LogP contribution in [0.3, 0.4) is 0 Å². The van der Waals surface area contributed by atoms with Gasteiger partial charge in [-0.05, 0) is 12.1 Å². The fourth-order valence-corrected chi connectivity index (χ4v) is 1.55. The third-order valence-corrected chi connectivity index (χ3v) is 2.51. The highest BCUT2D eigenvalue weighted by Crippen LogP contribution is 2.25. The number of hydrogen-bond acceptors (Lipinski definition) is 5. The number of amides is 1. The standard InChI is InChI=1S/C12H12N4O4/c1-13-12(17)9-6-7-15(14-9)8-20-11-5-3-2-4-10(11)16(18)19/h2-7H,8H2,1H3,(H,13,17). The Balaban J connectivity index is 2.07. The molecule has 0 atom stereocenters. The van der Waals surface area contributed by atoms with Crippen LogP contribution in [0.25, 0.3) is 0 Å². The number of nitrogens with one attached hydrogen (secondary N) is 1. The molecule has 0 saturated carbocycles. The minimum atomic E-state index is -0.519. The molecule has 0 unspecified atom stereocenters. The minimum absolute atomic E-state index is 0.0259. The molecule has 20 heavy (non-hydrogen) atoms. The van der Waals surface area contributed by atoms with Crippen LogP contribution in [0.15, 0.2) is 36.5 Å². The highest BCUT2D eigenvalue weighted by molar-refractivity contribution is 5.91. The highest BCUT2D eigenvalue weighted by atomic mass is 16.6. The Labute approximate surface area is 114 Å². The zero-order valence-electron chi connectivity index (χ0n) is 10.6. The van der Waals surface area contributed by atoms with Gasteiger partial charge in [-0.3, -0.25) is 14.9 Å². The van der Waals surface area contributed by atoms with Crippen LogP contribution in [0, 0.1) is 10.1 Å². The molecule has 1 amide bonds. The average Bonchev–Trinajstić information content (AvgIpc) is 2.93. The fourth-order valence-electron chi connectivity index (χ4n) is 1.55. The predicted octanol–water partition coefficient (Wildman–Crippen LogP) is 1.19. The summed E-state index contributed by atoms with van der Waals surface area (Å²) in [4.78, 5) is 21.6. The van der Waals surface area contributed by atoms with Gasteiger partial charge in [-0.25, -0.2) is 4.68 Å². The molecule has 1 N–H and O–H groups in total. The molecule has 0 aliphatic heterocycles. The van der Waals surface area contributed by atoms with Gasteiger partial charge < -0.3 is 10.1 Å². The van der Waals surface area contributed by atoms with E-state index in [0.717, 1.165) is 0 Å². The lowest BCUT2D eigenvalue weighted by molar-refractivity contribution is -0.386. The summed E-state index contributed by atoms with van der Waals surface area (Å²) in [5, 5.41) is 17.2. The predicted molar refractivity (Wildman–Crippen MR) is 69.3 cm³/mol. The Morgan fingerprint density at radius 3 is 2.90 bits per heavy atom. The molecule has 8 nitrogen and oxygen atoms in total. The molecular weight excluding hydrogens is 264 g/mol. The van der Waals surface area contributed by atoms with Crippen molar-refractivity contribution in [3.05, 3.63) is 52.3 Å². The van der Waals surface area contributed by atoms with Crippen LogP contribution in [0.1, 0.15) is 10.5 Å². The van der Waals surface area contributed by atoms with Gasteiger partial charge in [0.15, 0.2) is 12.5 Å². The normalized spacial score (nSPS) is 10.1. The molecule has 0 aliphatic rings. The zero-order valence-corrected chi connectivity index (χ0v) is 10.6. The van der Waals surface area contributed by atoms with E-state index in [1.165, 1.54) is 29.9 Å². The number of benzene rings is 1. The van der Waals surface area contributed by atoms with Crippen molar-refractivity contribution in [2.24, 2.45) is 0 Å². The van der Waals surface area contributed by atoms with Crippen molar-refractivity contribution in [2.45, 2.75) is 6.73 Å². The number of nitro benzene ring substituents is 1. The fraction of sp³-hybridized carbons (Fsp3) is 0.167. The monoisotopic (exact) mass is 276 g/mol. The highest BCUT2D eigenvalue weighted by Gasteiger charge is 2.14. The van der Waals surface area contributed by atoms with E-state index in [2.05, 4.69) is 10.4 Å². The van der Waals surface area contributed by atoms with Crippen LogP contribution in [0.4, 0.5) is 5.69 Å². The average molecular weight is 276 g/mol. The molecule has 1 aromatic carbocycles. The maximum absolute atomic E-state index is 11.3. The second-order valence-corrected chi connectivity index (χ2v) is 3.82. The number of ether oxygens (including phenoxy) is 1. The topological polar surface area (TPSA) is 99.3 Å². The summed E-state index contributed by atoms with van der Waals surface area (Å²) in [6.07, 6.45) is 1.55. The van der Waals surface area contributed by atoms with Crippen molar-refractivity contribution >= 4 is 11.6 Å². The smallest absolute Gasteiger partial charge is 0.311 e. The third-order valence-electron chi connectivity index (χ3n) is 2.51. The van der Waals surface area contributed by atoms with E-state index in [-0.39, 0.29) is 29.8 Å². The van der Waals surface area contributed by atoms with Crippen molar-refractivity contribution in [1.82, 2.24) is 15.1 Å². The number of nitro groups is 1. The number of nitrogens with zero attached hydrogens (tertiary/aromatic N) is 3. The first-order valence-electron chi connectivity index (χ1n) is 5.73. The van der Waals surface area contributed by atoms with Gasteiger partial charge >= 0.3 is 5.69 Å².